The van der Waals surface area contributed by atoms with Gasteiger partial charge in [0.2, 0.25) is 5.91 Å². The van der Waals surface area contributed by atoms with Gasteiger partial charge in [-0.15, -0.1) is 11.3 Å². The highest BCUT2D eigenvalue weighted by molar-refractivity contribution is 7.21. The Morgan fingerprint density at radius 3 is 2.46 bits per heavy atom. The molecule has 0 aliphatic rings. The standard InChI is InChI=1S/C22H16F5N5O2S/c1-10-7-14(22(25,26)27)32(31-10)9-15(33)30-17-16-12(11-5-3-2-4-6-11)8-13(19(23)24)29-21(16)35-18(17)20(28)34/h2-8,19H,9H2,1H3,(H2,28,34)(H,30,33). The number of amides is 2. The Morgan fingerprint density at radius 1 is 1.17 bits per heavy atom. The van der Waals surface area contributed by atoms with Gasteiger partial charge in [0, 0.05) is 5.39 Å². The largest absolute Gasteiger partial charge is 0.433 e. The number of thiophene rings is 1. The molecule has 0 radical (unpaired) electrons. The number of primary amides is 1. The van der Waals surface area contributed by atoms with Crippen molar-refractivity contribution in [2.45, 2.75) is 26.1 Å². The molecule has 0 saturated heterocycles. The van der Waals surface area contributed by atoms with E-state index in [1.807, 2.05) is 0 Å². The first-order chi connectivity index (χ1) is 16.5. The zero-order valence-corrected chi connectivity index (χ0v) is 18.7. The summed E-state index contributed by atoms with van der Waals surface area (Å²) in [5.41, 5.74) is 4.46. The Hall–Kier alpha value is -3.87. The fourth-order valence-electron chi connectivity index (χ4n) is 3.58. The van der Waals surface area contributed by atoms with Crippen LogP contribution in [0.5, 0.6) is 0 Å². The summed E-state index contributed by atoms with van der Waals surface area (Å²) in [6.07, 6.45) is -7.66. The Morgan fingerprint density at radius 2 is 1.86 bits per heavy atom. The van der Waals surface area contributed by atoms with Crippen molar-refractivity contribution < 1.29 is 31.5 Å². The lowest BCUT2D eigenvalue weighted by molar-refractivity contribution is -0.144. The van der Waals surface area contributed by atoms with Crippen LogP contribution in [0.15, 0.2) is 42.5 Å². The summed E-state index contributed by atoms with van der Waals surface area (Å²) in [6, 6.07) is 10.3. The third-order valence-corrected chi connectivity index (χ3v) is 6.06. The van der Waals surface area contributed by atoms with Crippen LogP contribution in [-0.4, -0.2) is 26.6 Å². The number of aryl methyl sites for hydroxylation is 1. The van der Waals surface area contributed by atoms with Gasteiger partial charge in [0.05, 0.1) is 11.4 Å². The molecule has 0 fully saturated rings. The number of benzene rings is 1. The summed E-state index contributed by atoms with van der Waals surface area (Å²) in [5, 5.41) is 6.31. The zero-order valence-electron chi connectivity index (χ0n) is 17.9. The predicted octanol–water partition coefficient (Wildman–Crippen LogP) is 5.16. The Bertz CT molecular complexity index is 1430. The summed E-state index contributed by atoms with van der Waals surface area (Å²) in [7, 11) is 0. The van der Waals surface area contributed by atoms with Gasteiger partial charge >= 0.3 is 6.18 Å². The second-order valence-electron chi connectivity index (χ2n) is 7.49. The molecule has 0 atom stereocenters. The number of pyridine rings is 1. The van der Waals surface area contributed by atoms with Crippen molar-refractivity contribution in [1.29, 1.82) is 0 Å². The highest BCUT2D eigenvalue weighted by Crippen LogP contribution is 2.42. The van der Waals surface area contributed by atoms with E-state index in [4.69, 9.17) is 5.73 Å². The number of halogens is 5. The van der Waals surface area contributed by atoms with Gasteiger partial charge in [0.15, 0.2) is 0 Å². The molecule has 3 aromatic heterocycles. The number of hydrogen-bond acceptors (Lipinski definition) is 5. The summed E-state index contributed by atoms with van der Waals surface area (Å²) in [6.45, 7) is 0.529. The van der Waals surface area contributed by atoms with E-state index in [0.29, 0.717) is 21.6 Å². The number of rotatable bonds is 6. The molecule has 35 heavy (non-hydrogen) atoms. The van der Waals surface area contributed by atoms with Gasteiger partial charge in [-0.05, 0) is 30.2 Å². The number of hydrogen-bond donors (Lipinski definition) is 2. The van der Waals surface area contributed by atoms with Crippen LogP contribution in [0.25, 0.3) is 21.3 Å². The first-order valence-corrected chi connectivity index (χ1v) is 10.8. The molecule has 0 aliphatic carbocycles. The van der Waals surface area contributed by atoms with Crippen LogP contribution in [0.3, 0.4) is 0 Å². The number of nitrogens with two attached hydrogens (primary N) is 1. The minimum Gasteiger partial charge on any atom is -0.365 e. The lowest BCUT2D eigenvalue weighted by Gasteiger charge is -2.12. The quantitative estimate of drug-likeness (QED) is 0.351. The molecule has 7 nitrogen and oxygen atoms in total. The molecule has 0 spiro atoms. The van der Waals surface area contributed by atoms with E-state index in [9.17, 15) is 31.5 Å². The maximum Gasteiger partial charge on any atom is 0.433 e. The molecule has 182 valence electrons. The zero-order chi connectivity index (χ0) is 25.5. The van der Waals surface area contributed by atoms with Gasteiger partial charge in [0.25, 0.3) is 12.3 Å². The second-order valence-corrected chi connectivity index (χ2v) is 8.49. The van der Waals surface area contributed by atoms with E-state index in [-0.39, 0.29) is 32.0 Å². The molecule has 2 amide bonds. The molecule has 0 saturated carbocycles. The molecule has 3 N–H and O–H groups in total. The van der Waals surface area contributed by atoms with Gasteiger partial charge in [-0.2, -0.15) is 18.3 Å². The van der Waals surface area contributed by atoms with E-state index in [2.05, 4.69) is 15.4 Å². The van der Waals surface area contributed by atoms with Gasteiger partial charge in [-0.1, -0.05) is 30.3 Å². The number of nitrogens with zero attached hydrogens (tertiary/aromatic N) is 3. The number of carbonyl (C=O) groups excluding carboxylic acids is 2. The van der Waals surface area contributed by atoms with Crippen LogP contribution in [0.4, 0.5) is 27.6 Å². The number of anilines is 1. The summed E-state index contributed by atoms with van der Waals surface area (Å²) in [5.74, 6) is -1.90. The molecular formula is C22H16F5N5O2S. The summed E-state index contributed by atoms with van der Waals surface area (Å²) < 4.78 is 67.4. The third kappa shape index (κ3) is 4.85. The lowest BCUT2D eigenvalue weighted by Crippen LogP contribution is -2.24. The molecule has 0 unspecified atom stereocenters. The molecular weight excluding hydrogens is 493 g/mol. The molecule has 1 aromatic carbocycles. The smallest absolute Gasteiger partial charge is 0.365 e. The lowest BCUT2D eigenvalue weighted by atomic mass is 10.0. The van der Waals surface area contributed by atoms with Gasteiger partial charge in [-0.25, -0.2) is 13.8 Å². The fraction of sp³-hybridized carbons (Fsp3) is 0.182. The van der Waals surface area contributed by atoms with E-state index < -0.39 is 42.3 Å². The number of nitrogens with one attached hydrogen (secondary N) is 1. The predicted molar refractivity (Wildman–Crippen MR) is 119 cm³/mol. The van der Waals surface area contributed by atoms with E-state index in [1.165, 1.54) is 6.92 Å². The average molecular weight is 509 g/mol. The molecule has 0 bridgehead atoms. The highest BCUT2D eigenvalue weighted by Gasteiger charge is 2.36. The van der Waals surface area contributed by atoms with E-state index >= 15 is 0 Å². The van der Waals surface area contributed by atoms with Crippen molar-refractivity contribution >= 4 is 39.1 Å². The second kappa shape index (κ2) is 9.06. The van der Waals surface area contributed by atoms with Crippen molar-refractivity contribution in [2.24, 2.45) is 5.73 Å². The van der Waals surface area contributed by atoms with Gasteiger partial charge in [0.1, 0.15) is 27.6 Å². The number of fused-ring (bicyclic) bond motifs is 1. The van der Waals surface area contributed by atoms with Crippen LogP contribution >= 0.6 is 11.3 Å². The van der Waals surface area contributed by atoms with Gasteiger partial charge in [-0.3, -0.25) is 14.3 Å². The van der Waals surface area contributed by atoms with Crippen molar-refractivity contribution in [3.63, 3.8) is 0 Å². The molecule has 13 heteroatoms. The van der Waals surface area contributed by atoms with Crippen molar-refractivity contribution in [3.8, 4) is 11.1 Å². The topological polar surface area (TPSA) is 103 Å². The molecule has 3 heterocycles. The maximum absolute atomic E-state index is 13.5. The minimum atomic E-state index is -4.74. The Kier molecular flexibility index (Phi) is 6.28. The van der Waals surface area contributed by atoms with Crippen LogP contribution in [0.1, 0.15) is 33.2 Å². The summed E-state index contributed by atoms with van der Waals surface area (Å²) >= 11 is 0.696. The monoisotopic (exact) mass is 509 g/mol. The van der Waals surface area contributed by atoms with E-state index in [0.717, 1.165) is 12.1 Å². The van der Waals surface area contributed by atoms with Crippen molar-refractivity contribution in [1.82, 2.24) is 14.8 Å². The van der Waals surface area contributed by atoms with Crippen LogP contribution in [0.2, 0.25) is 0 Å². The number of carbonyl (C=O) groups is 2. The fourth-order valence-corrected chi connectivity index (χ4v) is 4.59. The highest BCUT2D eigenvalue weighted by atomic mass is 32.1. The van der Waals surface area contributed by atoms with Crippen LogP contribution in [-0.2, 0) is 17.5 Å². The Labute approximate surface area is 198 Å². The van der Waals surface area contributed by atoms with E-state index in [1.54, 1.807) is 30.3 Å². The number of alkyl halides is 5. The third-order valence-electron chi connectivity index (χ3n) is 4.96. The average Bonchev–Trinajstić information content (AvgIpc) is 3.34. The maximum atomic E-state index is 13.5. The van der Waals surface area contributed by atoms with Gasteiger partial charge < -0.3 is 11.1 Å². The van der Waals surface area contributed by atoms with Crippen LogP contribution < -0.4 is 11.1 Å². The molecule has 0 aliphatic heterocycles. The number of aromatic nitrogens is 3. The van der Waals surface area contributed by atoms with Crippen LogP contribution in [0, 0.1) is 6.92 Å². The minimum absolute atomic E-state index is 0.0108. The normalized spacial score (nSPS) is 11.9. The first kappa shape index (κ1) is 24.3. The first-order valence-electron chi connectivity index (χ1n) is 9.98. The SMILES string of the molecule is Cc1cc(C(F)(F)F)n(CC(=O)Nc2c(C(N)=O)sc3nc(C(F)F)cc(-c4ccccc4)c23)n1. The van der Waals surface area contributed by atoms with Crippen molar-refractivity contribution in [2.75, 3.05) is 5.32 Å². The molecule has 4 aromatic rings. The Balaban J connectivity index is 1.84. The van der Waals surface area contributed by atoms with Crippen molar-refractivity contribution in [3.05, 3.63) is 64.4 Å². The molecule has 4 rings (SSSR count). The summed E-state index contributed by atoms with van der Waals surface area (Å²) in [4.78, 5) is 28.6.